The van der Waals surface area contributed by atoms with E-state index in [9.17, 15) is 8.42 Å². The highest BCUT2D eigenvalue weighted by atomic mass is 32.2. The van der Waals surface area contributed by atoms with Gasteiger partial charge in [-0.1, -0.05) is 23.4 Å². The molecule has 15 heteroatoms. The van der Waals surface area contributed by atoms with Crippen LogP contribution in [0.3, 0.4) is 0 Å². The van der Waals surface area contributed by atoms with E-state index in [1.165, 1.54) is 7.11 Å². The van der Waals surface area contributed by atoms with E-state index in [0.29, 0.717) is 36.2 Å². The standard InChI is InChI=1S/C23H25N9O5S/c1-3-14-4-5-17(36-13-21-26-30-31-27-21)20(8-14)38(33,34)29-23-22-18(35-2)6-15(7-19(22)37-28-23)11-32-12-16(9-24)10-25-32/h4-8,10,12H,3,9,11,13,24H2,1-2H3,(H,28,29)(H,26,27,30,31). The maximum absolute atomic E-state index is 13.5. The van der Waals surface area contributed by atoms with E-state index < -0.39 is 10.0 Å². The van der Waals surface area contributed by atoms with Gasteiger partial charge in [-0.2, -0.15) is 10.3 Å². The summed E-state index contributed by atoms with van der Waals surface area (Å²) in [7, 11) is -2.67. The first-order chi connectivity index (χ1) is 18.4. The number of nitrogens with two attached hydrogens (primary N) is 1. The van der Waals surface area contributed by atoms with Crippen molar-refractivity contribution < 1.29 is 22.4 Å². The van der Waals surface area contributed by atoms with Gasteiger partial charge >= 0.3 is 0 Å². The number of methoxy groups -OCH3 is 1. The highest BCUT2D eigenvalue weighted by Crippen LogP contribution is 2.36. The lowest BCUT2D eigenvalue weighted by atomic mass is 10.1. The summed E-state index contributed by atoms with van der Waals surface area (Å²) >= 11 is 0. The lowest BCUT2D eigenvalue weighted by Gasteiger charge is -2.13. The smallest absolute Gasteiger partial charge is 0.266 e. The predicted molar refractivity (Wildman–Crippen MR) is 135 cm³/mol. The molecule has 0 saturated heterocycles. The zero-order valence-corrected chi connectivity index (χ0v) is 21.4. The number of aromatic nitrogens is 7. The number of sulfonamides is 1. The van der Waals surface area contributed by atoms with Gasteiger partial charge < -0.3 is 19.7 Å². The van der Waals surface area contributed by atoms with Gasteiger partial charge in [0, 0.05) is 18.3 Å². The molecule has 2 aromatic carbocycles. The average molecular weight is 540 g/mol. The number of fused-ring (bicyclic) bond motifs is 1. The molecule has 0 spiro atoms. The van der Waals surface area contributed by atoms with Gasteiger partial charge in [0.05, 0.1) is 19.9 Å². The molecule has 0 unspecified atom stereocenters. The predicted octanol–water partition coefficient (Wildman–Crippen LogP) is 2.00. The molecule has 0 aliphatic rings. The van der Waals surface area contributed by atoms with Gasteiger partial charge in [0.25, 0.3) is 10.0 Å². The van der Waals surface area contributed by atoms with Crippen LogP contribution < -0.4 is 19.9 Å². The summed E-state index contributed by atoms with van der Waals surface area (Å²) in [6, 6.07) is 8.45. The first-order valence-corrected chi connectivity index (χ1v) is 13.1. The summed E-state index contributed by atoms with van der Waals surface area (Å²) in [6.07, 6.45) is 4.17. The van der Waals surface area contributed by atoms with E-state index in [0.717, 1.165) is 16.7 Å². The molecule has 3 aromatic heterocycles. The zero-order chi connectivity index (χ0) is 26.7. The molecule has 4 N–H and O–H groups in total. The Bertz CT molecular complexity index is 1660. The highest BCUT2D eigenvalue weighted by Gasteiger charge is 2.25. The van der Waals surface area contributed by atoms with Crippen molar-refractivity contribution in [3.05, 3.63) is 65.2 Å². The fourth-order valence-corrected chi connectivity index (χ4v) is 5.07. The third-order valence-electron chi connectivity index (χ3n) is 5.77. The average Bonchev–Trinajstić information content (AvgIpc) is 3.69. The normalized spacial score (nSPS) is 11.7. The first-order valence-electron chi connectivity index (χ1n) is 11.6. The van der Waals surface area contributed by atoms with Gasteiger partial charge in [-0.25, -0.2) is 8.42 Å². The Morgan fingerprint density at radius 3 is 2.74 bits per heavy atom. The van der Waals surface area contributed by atoms with Crippen molar-refractivity contribution in [3.63, 3.8) is 0 Å². The number of nitrogens with zero attached hydrogens (tertiary/aromatic N) is 6. The van der Waals surface area contributed by atoms with Gasteiger partial charge in [-0.3, -0.25) is 9.40 Å². The second kappa shape index (κ2) is 10.5. The molecule has 14 nitrogen and oxygen atoms in total. The van der Waals surface area contributed by atoms with Crippen LogP contribution in [0.4, 0.5) is 5.82 Å². The van der Waals surface area contributed by atoms with Crippen LogP contribution in [0.1, 0.15) is 29.4 Å². The summed E-state index contributed by atoms with van der Waals surface area (Å²) in [5, 5.41) is 22.1. The molecule has 3 heterocycles. The zero-order valence-electron chi connectivity index (χ0n) is 20.6. The van der Waals surface area contributed by atoms with Crippen LogP contribution in [0.25, 0.3) is 11.0 Å². The molecule has 0 aliphatic carbocycles. The summed E-state index contributed by atoms with van der Waals surface area (Å²) in [5.41, 5.74) is 8.54. The number of nitrogens with one attached hydrogen (secondary N) is 2. The Balaban J connectivity index is 1.46. The molecular formula is C23H25N9O5S. The van der Waals surface area contributed by atoms with Crippen molar-refractivity contribution in [3.8, 4) is 11.5 Å². The third kappa shape index (κ3) is 5.14. The Kier molecular flexibility index (Phi) is 6.93. The Morgan fingerprint density at radius 2 is 2.03 bits per heavy atom. The fraction of sp³-hybridized carbons (Fsp3) is 0.261. The van der Waals surface area contributed by atoms with Crippen LogP contribution in [0.2, 0.25) is 0 Å². The van der Waals surface area contributed by atoms with Crippen LogP contribution in [0.5, 0.6) is 11.5 Å². The summed E-state index contributed by atoms with van der Waals surface area (Å²) in [6.45, 7) is 2.67. The number of tetrazole rings is 1. The van der Waals surface area contributed by atoms with Crippen molar-refractivity contribution in [1.82, 2.24) is 35.6 Å². The maximum Gasteiger partial charge on any atom is 0.266 e. The molecule has 0 atom stereocenters. The first kappa shape index (κ1) is 25.2. The van der Waals surface area contributed by atoms with Gasteiger partial charge in [0.1, 0.15) is 21.8 Å². The second-order valence-electron chi connectivity index (χ2n) is 8.31. The van der Waals surface area contributed by atoms with Crippen LogP contribution in [0.15, 0.2) is 52.1 Å². The van der Waals surface area contributed by atoms with Gasteiger partial charge in [0.15, 0.2) is 18.0 Å². The Labute approximate surface area is 217 Å². The van der Waals surface area contributed by atoms with E-state index >= 15 is 0 Å². The minimum atomic E-state index is -4.16. The minimum absolute atomic E-state index is 0.0149. The Hall–Kier alpha value is -4.50. The SMILES string of the molecule is CCc1ccc(OCc2nn[nH]n2)c(S(=O)(=O)Nc2noc3cc(Cn4cc(CN)cn4)cc(OC)c23)c1. The fourth-order valence-electron chi connectivity index (χ4n) is 3.87. The number of rotatable bonds is 11. The number of hydrogen-bond donors (Lipinski definition) is 3. The number of anilines is 1. The monoisotopic (exact) mass is 539 g/mol. The molecule has 5 rings (SSSR count). The molecule has 0 amide bonds. The topological polar surface area (TPSA) is 189 Å². The molecule has 0 fully saturated rings. The van der Waals surface area contributed by atoms with E-state index in [1.54, 1.807) is 41.2 Å². The number of benzene rings is 2. The lowest BCUT2D eigenvalue weighted by molar-refractivity contribution is 0.288. The molecule has 0 aliphatic heterocycles. The molecule has 0 bridgehead atoms. The molecule has 38 heavy (non-hydrogen) atoms. The van der Waals surface area contributed by atoms with E-state index in [1.807, 2.05) is 13.1 Å². The molecule has 5 aromatic rings. The van der Waals surface area contributed by atoms with Crippen LogP contribution in [0, 0.1) is 0 Å². The van der Waals surface area contributed by atoms with Crippen LogP contribution >= 0.6 is 0 Å². The van der Waals surface area contributed by atoms with Crippen molar-refractivity contribution in [2.24, 2.45) is 5.73 Å². The van der Waals surface area contributed by atoms with Crippen molar-refractivity contribution in [1.29, 1.82) is 0 Å². The molecule has 198 valence electrons. The van der Waals surface area contributed by atoms with Crippen molar-refractivity contribution in [2.75, 3.05) is 11.8 Å². The number of ether oxygens (including phenoxy) is 2. The number of H-pyrrole nitrogens is 1. The third-order valence-corrected chi connectivity index (χ3v) is 7.13. The number of aryl methyl sites for hydroxylation is 1. The second-order valence-corrected chi connectivity index (χ2v) is 9.96. The van der Waals surface area contributed by atoms with E-state index in [-0.39, 0.29) is 28.9 Å². The van der Waals surface area contributed by atoms with E-state index in [4.69, 9.17) is 19.7 Å². The molecule has 0 saturated carbocycles. The van der Waals surface area contributed by atoms with Crippen molar-refractivity contribution in [2.45, 2.75) is 37.9 Å². The van der Waals surface area contributed by atoms with Crippen LogP contribution in [-0.4, -0.2) is 51.1 Å². The van der Waals surface area contributed by atoms with E-state index in [2.05, 4.69) is 35.6 Å². The summed E-state index contributed by atoms with van der Waals surface area (Å²) in [4.78, 5) is -0.0681. The minimum Gasteiger partial charge on any atom is -0.496 e. The maximum atomic E-state index is 13.5. The van der Waals surface area contributed by atoms with Gasteiger partial charge in [0.2, 0.25) is 5.82 Å². The lowest BCUT2D eigenvalue weighted by Crippen LogP contribution is -2.15. The van der Waals surface area contributed by atoms with Gasteiger partial charge in [-0.05, 0) is 41.8 Å². The summed E-state index contributed by atoms with van der Waals surface area (Å²) in [5.74, 6) is 0.772. The quantitative estimate of drug-likeness (QED) is 0.222. The Morgan fingerprint density at radius 1 is 1.16 bits per heavy atom. The number of aromatic amines is 1. The highest BCUT2D eigenvalue weighted by molar-refractivity contribution is 7.92. The number of hydrogen-bond acceptors (Lipinski definition) is 11. The van der Waals surface area contributed by atoms with Crippen molar-refractivity contribution >= 4 is 26.8 Å². The summed E-state index contributed by atoms with van der Waals surface area (Å²) < 4.78 is 48.1. The molecular weight excluding hydrogens is 514 g/mol. The van der Waals surface area contributed by atoms with Gasteiger partial charge in [-0.15, -0.1) is 10.2 Å². The largest absolute Gasteiger partial charge is 0.496 e. The van der Waals surface area contributed by atoms with Crippen LogP contribution in [-0.2, 0) is 36.1 Å². The molecule has 0 radical (unpaired) electrons.